The van der Waals surface area contributed by atoms with Gasteiger partial charge in [0.2, 0.25) is 0 Å². The molecule has 1 aliphatic carbocycles. The van der Waals surface area contributed by atoms with Gasteiger partial charge in [-0.15, -0.1) is 11.3 Å². The van der Waals surface area contributed by atoms with Gasteiger partial charge < -0.3 is 0 Å². The highest BCUT2D eigenvalue weighted by Gasteiger charge is 2.23. The van der Waals surface area contributed by atoms with E-state index in [1.165, 1.54) is 16.6 Å². The van der Waals surface area contributed by atoms with Gasteiger partial charge >= 0.3 is 0 Å². The number of amides is 1. The van der Waals surface area contributed by atoms with Crippen molar-refractivity contribution in [2.45, 2.75) is 30.8 Å². The van der Waals surface area contributed by atoms with E-state index in [2.05, 4.69) is 26.5 Å². The summed E-state index contributed by atoms with van der Waals surface area (Å²) in [7, 11) is 0. The quantitative estimate of drug-likeness (QED) is 0.152. The van der Waals surface area contributed by atoms with Gasteiger partial charge in [0.25, 0.3) is 11.5 Å². The zero-order chi connectivity index (χ0) is 23.5. The third-order valence-corrected chi connectivity index (χ3v) is 8.17. The van der Waals surface area contributed by atoms with E-state index >= 15 is 0 Å². The topological polar surface area (TPSA) is 76.3 Å². The molecular weight excluding hydrogens is 532 g/mol. The van der Waals surface area contributed by atoms with Crippen LogP contribution in [0.5, 0.6) is 0 Å². The van der Waals surface area contributed by atoms with Crippen LogP contribution in [0.25, 0.3) is 15.9 Å². The number of carbonyl (C=O) groups excluding carboxylic acids is 1. The summed E-state index contributed by atoms with van der Waals surface area (Å²) >= 11 is 6.27. The second kappa shape index (κ2) is 10.2. The molecular formula is C25H21BrN4O2S2. The number of hydrazone groups is 1. The van der Waals surface area contributed by atoms with E-state index in [1.807, 2.05) is 54.6 Å². The number of thiophene rings is 1. The SMILES string of the molecule is O=C(CSc1nc2sc3c(c2c(=O)n1-c1ccccc1)CCCC3)NN=Cc1cccc(Br)c1. The molecule has 2 aromatic heterocycles. The van der Waals surface area contributed by atoms with Gasteiger partial charge in [0.05, 0.1) is 23.0 Å². The molecule has 0 spiro atoms. The molecule has 0 unspecified atom stereocenters. The molecule has 0 atom stereocenters. The number of carbonyl (C=O) groups is 1. The Bertz CT molecular complexity index is 1450. The number of para-hydroxylation sites is 1. The Kier molecular flexibility index (Phi) is 6.94. The third kappa shape index (κ3) is 4.87. The van der Waals surface area contributed by atoms with E-state index in [1.54, 1.807) is 22.1 Å². The molecule has 2 heterocycles. The standard InChI is InChI=1S/C25H21BrN4O2S2/c26-17-8-6-7-16(13-17)14-27-29-21(31)15-33-25-28-23-22(19-11-4-5-12-20(19)34-23)24(32)30(25)18-9-2-1-3-10-18/h1-3,6-10,13-14H,4-5,11-12,15H2,(H,29,31). The lowest BCUT2D eigenvalue weighted by Crippen LogP contribution is -2.24. The number of nitrogens with zero attached hydrogens (tertiary/aromatic N) is 3. The van der Waals surface area contributed by atoms with Crippen LogP contribution in [0.4, 0.5) is 0 Å². The lowest BCUT2D eigenvalue weighted by Gasteiger charge is -2.13. The second-order valence-electron chi connectivity index (χ2n) is 7.90. The zero-order valence-electron chi connectivity index (χ0n) is 18.2. The van der Waals surface area contributed by atoms with Crippen molar-refractivity contribution in [3.8, 4) is 5.69 Å². The first kappa shape index (κ1) is 23.0. The molecule has 1 amide bonds. The fourth-order valence-electron chi connectivity index (χ4n) is 4.02. The number of thioether (sulfide) groups is 1. The number of fused-ring (bicyclic) bond motifs is 3. The van der Waals surface area contributed by atoms with E-state index < -0.39 is 0 Å². The fraction of sp³-hybridized carbons (Fsp3) is 0.200. The molecule has 1 N–H and O–H groups in total. The van der Waals surface area contributed by atoms with Crippen molar-refractivity contribution in [1.29, 1.82) is 0 Å². The average molecular weight is 554 g/mol. The molecule has 0 saturated heterocycles. The highest BCUT2D eigenvalue weighted by molar-refractivity contribution is 9.10. The Morgan fingerprint density at radius 1 is 1.18 bits per heavy atom. The number of hydrogen-bond acceptors (Lipinski definition) is 6. The summed E-state index contributed by atoms with van der Waals surface area (Å²) in [6, 6.07) is 17.1. The van der Waals surface area contributed by atoms with Crippen LogP contribution in [-0.2, 0) is 17.6 Å². The van der Waals surface area contributed by atoms with Crippen LogP contribution < -0.4 is 11.0 Å². The maximum atomic E-state index is 13.7. The molecule has 0 bridgehead atoms. The van der Waals surface area contributed by atoms with Gasteiger partial charge in [0.1, 0.15) is 4.83 Å². The van der Waals surface area contributed by atoms with Gasteiger partial charge in [-0.1, -0.05) is 58.0 Å². The number of nitrogens with one attached hydrogen (secondary N) is 1. The Labute approximate surface area is 213 Å². The lowest BCUT2D eigenvalue weighted by molar-refractivity contribution is -0.118. The molecule has 0 saturated carbocycles. The molecule has 4 aromatic rings. The molecule has 2 aromatic carbocycles. The van der Waals surface area contributed by atoms with Gasteiger partial charge in [0.15, 0.2) is 5.16 Å². The van der Waals surface area contributed by atoms with E-state index in [4.69, 9.17) is 4.98 Å². The largest absolute Gasteiger partial charge is 0.272 e. The van der Waals surface area contributed by atoms with E-state index in [0.29, 0.717) is 5.16 Å². The fourth-order valence-corrected chi connectivity index (χ4v) is 6.54. The molecule has 0 radical (unpaired) electrons. The number of benzene rings is 2. The predicted octanol–water partition coefficient (Wildman–Crippen LogP) is 5.33. The minimum atomic E-state index is -0.268. The Morgan fingerprint density at radius 2 is 2.00 bits per heavy atom. The first-order valence-corrected chi connectivity index (χ1v) is 13.5. The summed E-state index contributed by atoms with van der Waals surface area (Å²) in [4.78, 5) is 33.0. The summed E-state index contributed by atoms with van der Waals surface area (Å²) in [5.41, 5.74) is 5.26. The third-order valence-electron chi connectivity index (χ3n) is 5.56. The van der Waals surface area contributed by atoms with Crippen LogP contribution >= 0.6 is 39.0 Å². The van der Waals surface area contributed by atoms with Crippen LogP contribution in [0.2, 0.25) is 0 Å². The van der Waals surface area contributed by atoms with Crippen molar-refractivity contribution in [2.24, 2.45) is 5.10 Å². The summed E-state index contributed by atoms with van der Waals surface area (Å²) in [6.45, 7) is 0. The first-order valence-electron chi connectivity index (χ1n) is 10.9. The number of halogens is 1. The van der Waals surface area contributed by atoms with Crippen molar-refractivity contribution in [1.82, 2.24) is 15.0 Å². The van der Waals surface area contributed by atoms with Crippen molar-refractivity contribution in [3.63, 3.8) is 0 Å². The number of hydrogen-bond donors (Lipinski definition) is 1. The molecule has 34 heavy (non-hydrogen) atoms. The monoisotopic (exact) mass is 552 g/mol. The Morgan fingerprint density at radius 3 is 2.82 bits per heavy atom. The van der Waals surface area contributed by atoms with Crippen LogP contribution in [0.3, 0.4) is 0 Å². The molecule has 5 rings (SSSR count). The number of aryl methyl sites for hydroxylation is 2. The summed E-state index contributed by atoms with van der Waals surface area (Å²) < 4.78 is 2.57. The van der Waals surface area contributed by atoms with Crippen molar-refractivity contribution in [2.75, 3.05) is 5.75 Å². The average Bonchev–Trinajstić information content (AvgIpc) is 3.22. The summed E-state index contributed by atoms with van der Waals surface area (Å²) in [5.74, 6) is -0.179. The minimum absolute atomic E-state index is 0.0637. The Balaban J connectivity index is 1.42. The second-order valence-corrected chi connectivity index (χ2v) is 10.8. The van der Waals surface area contributed by atoms with E-state index in [-0.39, 0.29) is 17.2 Å². The molecule has 6 nitrogen and oxygen atoms in total. The maximum absolute atomic E-state index is 13.7. The van der Waals surface area contributed by atoms with Crippen LogP contribution in [-0.4, -0.2) is 27.4 Å². The summed E-state index contributed by atoms with van der Waals surface area (Å²) in [5, 5.41) is 5.28. The van der Waals surface area contributed by atoms with Gasteiger partial charge in [-0.2, -0.15) is 5.10 Å². The smallest absolute Gasteiger partial charge is 0.267 e. The number of rotatable bonds is 6. The van der Waals surface area contributed by atoms with Crippen LogP contribution in [0.15, 0.2) is 74.1 Å². The normalized spacial score (nSPS) is 13.3. The van der Waals surface area contributed by atoms with E-state index in [9.17, 15) is 9.59 Å². The number of aromatic nitrogens is 2. The predicted molar refractivity (Wildman–Crippen MR) is 142 cm³/mol. The van der Waals surface area contributed by atoms with Crippen molar-refractivity contribution >= 4 is 61.4 Å². The van der Waals surface area contributed by atoms with E-state index in [0.717, 1.165) is 57.2 Å². The van der Waals surface area contributed by atoms with Gasteiger partial charge in [0, 0.05) is 9.35 Å². The molecule has 1 aliphatic rings. The maximum Gasteiger partial charge on any atom is 0.267 e. The van der Waals surface area contributed by atoms with Crippen molar-refractivity contribution < 1.29 is 4.79 Å². The van der Waals surface area contributed by atoms with Crippen molar-refractivity contribution in [3.05, 3.63) is 85.4 Å². The minimum Gasteiger partial charge on any atom is -0.272 e. The molecule has 172 valence electrons. The molecule has 0 aliphatic heterocycles. The van der Waals surface area contributed by atoms with Crippen LogP contribution in [0.1, 0.15) is 28.8 Å². The van der Waals surface area contributed by atoms with Gasteiger partial charge in [-0.25, -0.2) is 10.4 Å². The lowest BCUT2D eigenvalue weighted by atomic mass is 9.97. The van der Waals surface area contributed by atoms with Crippen LogP contribution in [0, 0.1) is 0 Å². The highest BCUT2D eigenvalue weighted by Crippen LogP contribution is 2.35. The molecule has 9 heteroatoms. The first-order chi connectivity index (χ1) is 16.6. The highest BCUT2D eigenvalue weighted by atomic mass is 79.9. The van der Waals surface area contributed by atoms with Gasteiger partial charge in [-0.3, -0.25) is 14.2 Å². The van der Waals surface area contributed by atoms with Gasteiger partial charge in [-0.05, 0) is 61.1 Å². The zero-order valence-corrected chi connectivity index (χ0v) is 21.4. The Hall–Kier alpha value is -2.75. The molecule has 0 fully saturated rings. The summed E-state index contributed by atoms with van der Waals surface area (Å²) in [6.07, 6.45) is 5.76.